The van der Waals surface area contributed by atoms with Crippen LogP contribution in [-0.4, -0.2) is 13.3 Å². The summed E-state index contributed by atoms with van der Waals surface area (Å²) in [5, 5.41) is 3.53. The van der Waals surface area contributed by atoms with Crippen molar-refractivity contribution in [1.82, 2.24) is 0 Å². The van der Waals surface area contributed by atoms with Crippen molar-refractivity contribution in [3.8, 4) is 28.4 Å². The zero-order valence-electron chi connectivity index (χ0n) is 17.3. The number of benzene rings is 3. The van der Waals surface area contributed by atoms with E-state index < -0.39 is 0 Å². The Hall–Kier alpha value is -2.96. The van der Waals surface area contributed by atoms with Crippen molar-refractivity contribution in [2.75, 3.05) is 18.7 Å². The Balaban J connectivity index is 1.26. The van der Waals surface area contributed by atoms with Crippen LogP contribution >= 0.6 is 27.3 Å². The third-order valence-electron chi connectivity index (χ3n) is 5.27. The van der Waals surface area contributed by atoms with Gasteiger partial charge < -0.3 is 19.5 Å². The van der Waals surface area contributed by atoms with Crippen molar-refractivity contribution in [2.45, 2.75) is 12.5 Å². The minimum atomic E-state index is -0.0990. The number of fused-ring (bicyclic) bond motifs is 1. The van der Waals surface area contributed by atoms with Crippen molar-refractivity contribution in [1.29, 1.82) is 0 Å². The summed E-state index contributed by atoms with van der Waals surface area (Å²) in [6, 6.07) is 28.8. The van der Waals surface area contributed by atoms with E-state index in [1.165, 1.54) is 11.1 Å². The molecule has 1 aliphatic heterocycles. The van der Waals surface area contributed by atoms with E-state index in [1.54, 1.807) is 11.3 Å². The number of anilines is 1. The molecule has 1 aromatic heterocycles. The smallest absolute Gasteiger partial charge is 0.231 e. The second-order valence-electron chi connectivity index (χ2n) is 7.40. The van der Waals surface area contributed by atoms with E-state index in [0.717, 1.165) is 33.1 Å². The number of nitrogens with one attached hydrogen (secondary N) is 1. The zero-order valence-corrected chi connectivity index (χ0v) is 19.7. The molecule has 4 aromatic rings. The van der Waals surface area contributed by atoms with E-state index in [4.69, 9.17) is 14.2 Å². The molecule has 1 aliphatic rings. The second-order valence-corrected chi connectivity index (χ2v) is 9.89. The summed E-state index contributed by atoms with van der Waals surface area (Å²) in [6.45, 7) is 1.00. The van der Waals surface area contributed by atoms with Gasteiger partial charge in [0.25, 0.3) is 0 Å². The molecular formula is C26H22BrNO3S. The molecule has 0 saturated carbocycles. The average Bonchev–Trinajstić information content (AvgIpc) is 3.49. The van der Waals surface area contributed by atoms with Crippen LogP contribution < -0.4 is 19.5 Å². The first kappa shape index (κ1) is 20.9. The maximum atomic E-state index is 6.42. The monoisotopic (exact) mass is 507 g/mol. The van der Waals surface area contributed by atoms with Crippen LogP contribution in [0.1, 0.15) is 17.4 Å². The van der Waals surface area contributed by atoms with Gasteiger partial charge in [0, 0.05) is 23.5 Å². The average molecular weight is 508 g/mol. The molecule has 0 saturated heterocycles. The van der Waals surface area contributed by atoms with Crippen LogP contribution in [0.2, 0.25) is 0 Å². The fraction of sp³-hybridized carbons (Fsp3) is 0.154. The molecule has 32 heavy (non-hydrogen) atoms. The number of rotatable bonds is 8. The molecule has 1 unspecified atom stereocenters. The van der Waals surface area contributed by atoms with Gasteiger partial charge in [-0.1, -0.05) is 48.5 Å². The lowest BCUT2D eigenvalue weighted by Gasteiger charge is -2.19. The number of hydrogen-bond donors (Lipinski definition) is 1. The molecule has 0 bridgehead atoms. The van der Waals surface area contributed by atoms with Gasteiger partial charge in [-0.15, -0.1) is 11.3 Å². The predicted molar refractivity (Wildman–Crippen MR) is 133 cm³/mol. The Morgan fingerprint density at radius 1 is 0.875 bits per heavy atom. The minimum absolute atomic E-state index is 0.0990. The fourth-order valence-electron chi connectivity index (χ4n) is 3.67. The summed E-state index contributed by atoms with van der Waals surface area (Å²) in [6.07, 6.45) is 0.704. The molecule has 0 aliphatic carbocycles. The topological polar surface area (TPSA) is 39.7 Å². The number of halogens is 1. The van der Waals surface area contributed by atoms with Gasteiger partial charge in [-0.2, -0.15) is 0 Å². The maximum Gasteiger partial charge on any atom is 0.231 e. The van der Waals surface area contributed by atoms with Crippen LogP contribution in [0.5, 0.6) is 17.2 Å². The highest BCUT2D eigenvalue weighted by molar-refractivity contribution is 9.11. The molecule has 3 aromatic carbocycles. The molecule has 6 heteroatoms. The molecule has 0 radical (unpaired) electrons. The lowest BCUT2D eigenvalue weighted by atomic mass is 10.1. The standard InChI is InChI=1S/C26H22BrNO3S/c27-25-14-13-24(32-25)21(31-23-8-4-7-22-26(23)30-17-29-22)15-16-28-20-11-9-19(10-12-20)18-5-2-1-3-6-18/h1-14,21,28H,15-17H2. The summed E-state index contributed by atoms with van der Waals surface area (Å²) in [7, 11) is 0. The quantitative estimate of drug-likeness (QED) is 0.267. The van der Waals surface area contributed by atoms with Gasteiger partial charge in [-0.3, -0.25) is 0 Å². The van der Waals surface area contributed by atoms with Crippen LogP contribution in [0.25, 0.3) is 11.1 Å². The van der Waals surface area contributed by atoms with Crippen molar-refractivity contribution in [3.63, 3.8) is 0 Å². The third kappa shape index (κ3) is 4.76. The Morgan fingerprint density at radius 3 is 2.47 bits per heavy atom. The van der Waals surface area contributed by atoms with Crippen molar-refractivity contribution >= 4 is 33.0 Å². The molecular weight excluding hydrogens is 486 g/mol. The Kier molecular flexibility index (Phi) is 6.32. The third-order valence-corrected chi connectivity index (χ3v) is 6.98. The van der Waals surface area contributed by atoms with Crippen LogP contribution in [0.3, 0.4) is 0 Å². The van der Waals surface area contributed by atoms with E-state index in [9.17, 15) is 0 Å². The van der Waals surface area contributed by atoms with Gasteiger partial charge in [0.15, 0.2) is 11.5 Å². The molecule has 1 atom stereocenters. The number of thiophene rings is 1. The highest BCUT2D eigenvalue weighted by Crippen LogP contribution is 2.43. The zero-order chi connectivity index (χ0) is 21.8. The molecule has 4 nitrogen and oxygen atoms in total. The molecule has 2 heterocycles. The highest BCUT2D eigenvalue weighted by Gasteiger charge is 2.23. The van der Waals surface area contributed by atoms with Gasteiger partial charge in [0.1, 0.15) is 6.10 Å². The number of para-hydroxylation sites is 1. The van der Waals surface area contributed by atoms with Crippen LogP contribution in [-0.2, 0) is 0 Å². The Labute approximate surface area is 199 Å². The SMILES string of the molecule is Brc1ccc(C(CCNc2ccc(-c3ccccc3)cc2)Oc2cccc3c2OCO3)s1. The maximum absolute atomic E-state index is 6.42. The number of ether oxygens (including phenoxy) is 3. The van der Waals surface area contributed by atoms with Crippen LogP contribution in [0.15, 0.2) is 88.7 Å². The molecule has 0 amide bonds. The number of hydrogen-bond acceptors (Lipinski definition) is 5. The minimum Gasteiger partial charge on any atom is -0.481 e. The Bertz CT molecular complexity index is 1180. The second kappa shape index (κ2) is 9.67. The molecule has 1 N–H and O–H groups in total. The normalized spacial score (nSPS) is 13.0. The Morgan fingerprint density at radius 2 is 1.69 bits per heavy atom. The molecule has 0 fully saturated rings. The molecule has 5 rings (SSSR count). The van der Waals surface area contributed by atoms with Gasteiger partial charge in [0.2, 0.25) is 12.5 Å². The van der Waals surface area contributed by atoms with Crippen LogP contribution in [0, 0.1) is 0 Å². The first-order chi connectivity index (χ1) is 15.8. The van der Waals surface area contributed by atoms with Gasteiger partial charge in [0.05, 0.1) is 3.79 Å². The lowest BCUT2D eigenvalue weighted by Crippen LogP contribution is -2.12. The molecule has 0 spiro atoms. The lowest BCUT2D eigenvalue weighted by molar-refractivity contribution is 0.160. The van der Waals surface area contributed by atoms with Crippen LogP contribution in [0.4, 0.5) is 5.69 Å². The van der Waals surface area contributed by atoms with E-state index in [-0.39, 0.29) is 12.9 Å². The summed E-state index contributed by atoms with van der Waals surface area (Å²) in [4.78, 5) is 1.16. The van der Waals surface area contributed by atoms with E-state index in [0.29, 0.717) is 11.5 Å². The van der Waals surface area contributed by atoms with Gasteiger partial charge in [-0.05, 0) is 63.5 Å². The van der Waals surface area contributed by atoms with Crippen molar-refractivity contribution < 1.29 is 14.2 Å². The highest BCUT2D eigenvalue weighted by atomic mass is 79.9. The first-order valence-corrected chi connectivity index (χ1v) is 12.1. The molecule has 162 valence electrons. The summed E-state index contributed by atoms with van der Waals surface area (Å²) >= 11 is 5.26. The largest absolute Gasteiger partial charge is 0.481 e. The fourth-order valence-corrected chi connectivity index (χ4v) is 5.16. The van der Waals surface area contributed by atoms with Crippen molar-refractivity contribution in [2.24, 2.45) is 0 Å². The van der Waals surface area contributed by atoms with Crippen molar-refractivity contribution in [3.05, 3.63) is 93.6 Å². The summed E-state index contributed by atoms with van der Waals surface area (Å²) < 4.78 is 18.6. The summed E-state index contributed by atoms with van der Waals surface area (Å²) in [5.74, 6) is 2.12. The van der Waals surface area contributed by atoms with E-state index in [2.05, 4.69) is 81.9 Å². The van der Waals surface area contributed by atoms with Gasteiger partial charge in [-0.25, -0.2) is 0 Å². The van der Waals surface area contributed by atoms with Gasteiger partial charge >= 0.3 is 0 Å². The summed E-state index contributed by atoms with van der Waals surface area (Å²) in [5.41, 5.74) is 3.52. The van der Waals surface area contributed by atoms with E-state index >= 15 is 0 Å². The first-order valence-electron chi connectivity index (χ1n) is 10.5. The van der Waals surface area contributed by atoms with E-state index in [1.807, 2.05) is 24.3 Å². The predicted octanol–water partition coefficient (Wildman–Crippen LogP) is 7.53.